The highest BCUT2D eigenvalue weighted by Crippen LogP contribution is 2.35. The Morgan fingerprint density at radius 1 is 1.50 bits per heavy atom. The van der Waals surface area contributed by atoms with Gasteiger partial charge >= 0.3 is 0 Å². The molecule has 0 bridgehead atoms. The molecular weight excluding hydrogens is 152 g/mol. The molecule has 1 saturated heterocycles. The van der Waals surface area contributed by atoms with Crippen LogP contribution in [0.15, 0.2) is 12.7 Å². The van der Waals surface area contributed by atoms with Crippen LogP contribution in [0.5, 0.6) is 0 Å². The third-order valence-electron chi connectivity index (χ3n) is 2.64. The zero-order chi connectivity index (χ0) is 9.41. The van der Waals surface area contributed by atoms with Crippen molar-refractivity contribution < 1.29 is 9.84 Å². The van der Waals surface area contributed by atoms with Crippen LogP contribution in [0.2, 0.25) is 0 Å². The summed E-state index contributed by atoms with van der Waals surface area (Å²) in [5.41, 5.74) is -0.704. The van der Waals surface area contributed by atoms with Crippen molar-refractivity contribution in [2.24, 2.45) is 0 Å². The molecule has 1 fully saturated rings. The molecule has 0 aliphatic carbocycles. The maximum Gasteiger partial charge on any atom is 0.0895 e. The molecule has 2 nitrogen and oxygen atoms in total. The van der Waals surface area contributed by atoms with Crippen LogP contribution < -0.4 is 0 Å². The van der Waals surface area contributed by atoms with Crippen molar-refractivity contribution in [3.05, 3.63) is 12.7 Å². The summed E-state index contributed by atoms with van der Waals surface area (Å²) in [5.74, 6) is 0. The summed E-state index contributed by atoms with van der Waals surface area (Å²) in [7, 11) is 0. The zero-order valence-electron chi connectivity index (χ0n) is 8.13. The zero-order valence-corrected chi connectivity index (χ0v) is 8.13. The summed E-state index contributed by atoms with van der Waals surface area (Å²) >= 11 is 0. The Kier molecular flexibility index (Phi) is 2.32. The quantitative estimate of drug-likeness (QED) is 0.609. The van der Waals surface area contributed by atoms with Gasteiger partial charge in [-0.3, -0.25) is 0 Å². The first kappa shape index (κ1) is 9.75. The van der Waals surface area contributed by atoms with E-state index in [4.69, 9.17) is 4.74 Å². The van der Waals surface area contributed by atoms with E-state index < -0.39 is 5.60 Å². The minimum absolute atomic E-state index is 0.261. The van der Waals surface area contributed by atoms with Gasteiger partial charge in [0.15, 0.2) is 0 Å². The summed E-state index contributed by atoms with van der Waals surface area (Å²) in [6.07, 6.45) is 3.10. The van der Waals surface area contributed by atoms with Crippen LogP contribution >= 0.6 is 0 Å². The molecule has 70 valence electrons. The lowest BCUT2D eigenvalue weighted by atomic mass is 9.86. The van der Waals surface area contributed by atoms with Gasteiger partial charge in [-0.15, -0.1) is 6.58 Å². The van der Waals surface area contributed by atoms with Gasteiger partial charge in [-0.2, -0.15) is 0 Å². The summed E-state index contributed by atoms with van der Waals surface area (Å²) < 4.78 is 5.75. The lowest BCUT2D eigenvalue weighted by Gasteiger charge is -2.44. The average molecular weight is 170 g/mol. The number of hydrogen-bond donors (Lipinski definition) is 1. The normalized spacial score (nSPS) is 40.8. The molecule has 0 aromatic rings. The highest BCUT2D eigenvalue weighted by atomic mass is 16.5. The van der Waals surface area contributed by atoms with Gasteiger partial charge in [0, 0.05) is 0 Å². The number of hydrogen-bond acceptors (Lipinski definition) is 2. The number of aliphatic hydroxyl groups is 1. The van der Waals surface area contributed by atoms with E-state index in [-0.39, 0.29) is 11.7 Å². The van der Waals surface area contributed by atoms with Crippen molar-refractivity contribution in [1.82, 2.24) is 0 Å². The fourth-order valence-electron chi connectivity index (χ4n) is 1.63. The summed E-state index contributed by atoms with van der Waals surface area (Å²) in [6, 6.07) is 0. The van der Waals surface area contributed by atoms with Gasteiger partial charge in [-0.25, -0.2) is 0 Å². The first-order valence-corrected chi connectivity index (χ1v) is 4.41. The second-order valence-corrected chi connectivity index (χ2v) is 4.28. The van der Waals surface area contributed by atoms with E-state index in [1.165, 1.54) is 0 Å². The van der Waals surface area contributed by atoms with E-state index in [2.05, 4.69) is 6.58 Å². The molecular formula is C10H18O2. The maximum atomic E-state index is 9.61. The Morgan fingerprint density at radius 2 is 2.08 bits per heavy atom. The van der Waals surface area contributed by atoms with E-state index in [1.807, 2.05) is 26.8 Å². The van der Waals surface area contributed by atoms with Crippen molar-refractivity contribution in [3.8, 4) is 0 Å². The predicted octanol–water partition coefficient (Wildman–Crippen LogP) is 1.88. The van der Waals surface area contributed by atoms with Crippen molar-refractivity contribution in [1.29, 1.82) is 0 Å². The Hall–Kier alpha value is -0.340. The minimum Gasteiger partial charge on any atom is -0.390 e. The Bertz CT molecular complexity index is 186. The average Bonchev–Trinajstić information content (AvgIpc) is 1.97. The second kappa shape index (κ2) is 2.86. The molecule has 0 saturated carbocycles. The van der Waals surface area contributed by atoms with Crippen LogP contribution in [0.1, 0.15) is 33.6 Å². The van der Waals surface area contributed by atoms with Crippen LogP contribution in [0.4, 0.5) is 0 Å². The lowest BCUT2D eigenvalue weighted by Crippen LogP contribution is -2.51. The number of ether oxygens (including phenoxy) is 1. The molecule has 1 rings (SSSR count). The molecule has 2 atom stereocenters. The van der Waals surface area contributed by atoms with E-state index in [0.717, 1.165) is 12.8 Å². The van der Waals surface area contributed by atoms with Crippen LogP contribution in [0.25, 0.3) is 0 Å². The minimum atomic E-state index is -0.443. The predicted molar refractivity (Wildman–Crippen MR) is 49.0 cm³/mol. The van der Waals surface area contributed by atoms with Crippen LogP contribution in [-0.2, 0) is 4.74 Å². The molecule has 0 amide bonds. The molecule has 1 aliphatic heterocycles. The molecule has 0 aromatic carbocycles. The van der Waals surface area contributed by atoms with Crippen molar-refractivity contribution in [2.45, 2.75) is 50.9 Å². The van der Waals surface area contributed by atoms with E-state index in [0.29, 0.717) is 0 Å². The van der Waals surface area contributed by atoms with Gasteiger partial charge in [0.2, 0.25) is 0 Å². The highest BCUT2D eigenvalue weighted by molar-refractivity contribution is 5.01. The van der Waals surface area contributed by atoms with Gasteiger partial charge in [0.1, 0.15) is 0 Å². The van der Waals surface area contributed by atoms with E-state index >= 15 is 0 Å². The van der Waals surface area contributed by atoms with Crippen LogP contribution in [0, 0.1) is 0 Å². The van der Waals surface area contributed by atoms with Crippen LogP contribution in [-0.4, -0.2) is 22.4 Å². The topological polar surface area (TPSA) is 29.5 Å². The van der Waals surface area contributed by atoms with Gasteiger partial charge < -0.3 is 9.84 Å². The molecule has 0 radical (unpaired) electrons. The summed E-state index contributed by atoms with van der Waals surface area (Å²) in [4.78, 5) is 0. The summed E-state index contributed by atoms with van der Waals surface area (Å²) in [5, 5.41) is 9.61. The van der Waals surface area contributed by atoms with Gasteiger partial charge in [-0.1, -0.05) is 6.08 Å². The monoisotopic (exact) mass is 170 g/mol. The van der Waals surface area contributed by atoms with E-state index in [1.54, 1.807) is 0 Å². The molecule has 2 heteroatoms. The van der Waals surface area contributed by atoms with Crippen LogP contribution in [0.3, 0.4) is 0 Å². The fraction of sp³-hybridized carbons (Fsp3) is 0.800. The Labute approximate surface area is 74.2 Å². The third-order valence-corrected chi connectivity index (χ3v) is 2.64. The number of rotatable bonds is 1. The summed E-state index contributed by atoms with van der Waals surface area (Å²) in [6.45, 7) is 9.58. The Morgan fingerprint density at radius 3 is 2.50 bits per heavy atom. The molecule has 1 aliphatic rings. The molecule has 1 N–H and O–H groups in total. The smallest absolute Gasteiger partial charge is 0.0895 e. The van der Waals surface area contributed by atoms with Gasteiger partial charge in [0.25, 0.3) is 0 Å². The second-order valence-electron chi connectivity index (χ2n) is 4.28. The fourth-order valence-corrected chi connectivity index (χ4v) is 1.63. The molecule has 0 aromatic heterocycles. The largest absolute Gasteiger partial charge is 0.390 e. The molecule has 0 spiro atoms. The van der Waals surface area contributed by atoms with Crippen molar-refractivity contribution in [2.75, 3.05) is 0 Å². The lowest BCUT2D eigenvalue weighted by molar-refractivity contribution is -0.195. The highest BCUT2D eigenvalue weighted by Gasteiger charge is 2.41. The SMILES string of the molecule is C=C[C@@]1(C)CC[C@H](O)C(C)(C)O1. The van der Waals surface area contributed by atoms with E-state index in [9.17, 15) is 5.11 Å². The molecule has 1 heterocycles. The third kappa shape index (κ3) is 1.70. The Balaban J connectivity index is 2.75. The van der Waals surface area contributed by atoms with Gasteiger partial charge in [0.05, 0.1) is 17.3 Å². The standard InChI is InChI=1S/C10H18O2/c1-5-10(4)7-6-8(11)9(2,3)12-10/h5,8,11H,1,6-7H2,2-4H3/t8-,10-/m0/s1. The van der Waals surface area contributed by atoms with Gasteiger partial charge in [-0.05, 0) is 33.6 Å². The number of aliphatic hydroxyl groups excluding tert-OH is 1. The molecule has 0 unspecified atom stereocenters. The maximum absolute atomic E-state index is 9.61. The molecule has 12 heavy (non-hydrogen) atoms. The first-order valence-electron chi connectivity index (χ1n) is 4.41. The van der Waals surface area contributed by atoms with Crippen molar-refractivity contribution >= 4 is 0 Å². The first-order chi connectivity index (χ1) is 5.40. The van der Waals surface area contributed by atoms with Crippen molar-refractivity contribution in [3.63, 3.8) is 0 Å².